The lowest BCUT2D eigenvalue weighted by Gasteiger charge is -2.28. The van der Waals surface area contributed by atoms with Crippen LogP contribution in [0.4, 0.5) is 5.69 Å². The molecule has 2 unspecified atom stereocenters. The SMILES string of the molecule is CCCC(SC)C(Nc1ccccc1)c1ccc(C)cc1. The highest BCUT2D eigenvalue weighted by atomic mass is 32.2. The van der Waals surface area contributed by atoms with Gasteiger partial charge in [-0.25, -0.2) is 0 Å². The molecule has 0 aromatic heterocycles. The summed E-state index contributed by atoms with van der Waals surface area (Å²) >= 11 is 1.96. The van der Waals surface area contributed by atoms with Crippen molar-refractivity contribution >= 4 is 17.4 Å². The van der Waals surface area contributed by atoms with Crippen molar-refractivity contribution < 1.29 is 0 Å². The van der Waals surface area contributed by atoms with Gasteiger partial charge in [0.05, 0.1) is 6.04 Å². The number of hydrogen-bond donors (Lipinski definition) is 1. The van der Waals surface area contributed by atoms with E-state index in [-0.39, 0.29) is 0 Å². The fourth-order valence-corrected chi connectivity index (χ4v) is 3.55. The van der Waals surface area contributed by atoms with Gasteiger partial charge in [-0.3, -0.25) is 0 Å². The molecule has 21 heavy (non-hydrogen) atoms. The predicted molar refractivity (Wildman–Crippen MR) is 96.2 cm³/mol. The van der Waals surface area contributed by atoms with Crippen LogP contribution < -0.4 is 5.32 Å². The highest BCUT2D eigenvalue weighted by Gasteiger charge is 2.21. The zero-order valence-corrected chi connectivity index (χ0v) is 14.0. The summed E-state index contributed by atoms with van der Waals surface area (Å²) in [4.78, 5) is 0. The van der Waals surface area contributed by atoms with Gasteiger partial charge in [0.15, 0.2) is 0 Å². The number of aryl methyl sites for hydroxylation is 1. The summed E-state index contributed by atoms with van der Waals surface area (Å²) in [5.41, 5.74) is 3.88. The molecule has 2 atom stereocenters. The molecule has 2 rings (SSSR count). The molecule has 2 heteroatoms. The molecule has 2 aromatic rings. The van der Waals surface area contributed by atoms with Crippen LogP contribution in [0.2, 0.25) is 0 Å². The Bertz CT molecular complexity index is 521. The van der Waals surface area contributed by atoms with E-state index < -0.39 is 0 Å². The minimum absolute atomic E-state index is 0.350. The summed E-state index contributed by atoms with van der Waals surface area (Å²) in [5.74, 6) is 0. The Labute approximate surface area is 133 Å². The molecule has 0 heterocycles. The lowest BCUT2D eigenvalue weighted by atomic mass is 9.99. The molecule has 0 fully saturated rings. The third-order valence-corrected chi connectivity index (χ3v) is 4.89. The van der Waals surface area contributed by atoms with Gasteiger partial charge in [-0.15, -0.1) is 0 Å². The first-order valence-electron chi connectivity index (χ1n) is 7.65. The van der Waals surface area contributed by atoms with Crippen LogP contribution in [0, 0.1) is 6.92 Å². The number of anilines is 1. The van der Waals surface area contributed by atoms with Crippen molar-refractivity contribution in [2.75, 3.05) is 11.6 Å². The van der Waals surface area contributed by atoms with E-state index in [2.05, 4.69) is 80.0 Å². The Kier molecular flexibility index (Phi) is 6.19. The van der Waals surface area contributed by atoms with Crippen LogP contribution in [-0.2, 0) is 0 Å². The van der Waals surface area contributed by atoms with E-state index in [4.69, 9.17) is 0 Å². The standard InChI is InChI=1S/C19H25NS/c1-4-8-18(21-3)19(16-13-11-15(2)12-14-16)20-17-9-6-5-7-10-17/h5-7,9-14,18-20H,4,8H2,1-3H3. The molecule has 0 bridgehead atoms. The van der Waals surface area contributed by atoms with Crippen molar-refractivity contribution in [1.29, 1.82) is 0 Å². The van der Waals surface area contributed by atoms with Crippen molar-refractivity contribution in [3.8, 4) is 0 Å². The number of para-hydroxylation sites is 1. The van der Waals surface area contributed by atoms with E-state index in [0.29, 0.717) is 11.3 Å². The summed E-state index contributed by atoms with van der Waals surface area (Å²) < 4.78 is 0. The lowest BCUT2D eigenvalue weighted by molar-refractivity contribution is 0.653. The second kappa shape index (κ2) is 8.14. The Morgan fingerprint density at radius 3 is 2.24 bits per heavy atom. The van der Waals surface area contributed by atoms with Crippen LogP contribution >= 0.6 is 11.8 Å². The van der Waals surface area contributed by atoms with Crippen molar-refractivity contribution in [3.05, 3.63) is 65.7 Å². The quantitative estimate of drug-likeness (QED) is 0.706. The maximum Gasteiger partial charge on any atom is 0.0632 e. The maximum absolute atomic E-state index is 3.73. The monoisotopic (exact) mass is 299 g/mol. The fourth-order valence-electron chi connectivity index (χ4n) is 2.58. The van der Waals surface area contributed by atoms with Gasteiger partial charge in [0.25, 0.3) is 0 Å². The largest absolute Gasteiger partial charge is 0.377 e. The van der Waals surface area contributed by atoms with Crippen LogP contribution in [0.1, 0.15) is 36.9 Å². The summed E-state index contributed by atoms with van der Waals surface area (Å²) in [6.07, 6.45) is 4.65. The second-order valence-corrected chi connectivity index (χ2v) is 6.54. The van der Waals surface area contributed by atoms with Gasteiger partial charge in [0, 0.05) is 10.9 Å². The van der Waals surface area contributed by atoms with Gasteiger partial charge in [0.1, 0.15) is 0 Å². The smallest absolute Gasteiger partial charge is 0.0632 e. The molecule has 2 aromatic carbocycles. The normalized spacial score (nSPS) is 13.7. The number of hydrogen-bond acceptors (Lipinski definition) is 2. The number of thioether (sulfide) groups is 1. The van der Waals surface area contributed by atoms with Crippen LogP contribution in [-0.4, -0.2) is 11.5 Å². The van der Waals surface area contributed by atoms with Crippen LogP contribution in [0.3, 0.4) is 0 Å². The van der Waals surface area contributed by atoms with Gasteiger partial charge >= 0.3 is 0 Å². The molecule has 0 spiro atoms. The summed E-state index contributed by atoms with van der Waals surface area (Å²) in [6.45, 7) is 4.40. The maximum atomic E-state index is 3.73. The summed E-state index contributed by atoms with van der Waals surface area (Å²) in [6, 6.07) is 19.8. The van der Waals surface area contributed by atoms with E-state index in [1.165, 1.54) is 29.7 Å². The second-order valence-electron chi connectivity index (χ2n) is 5.46. The molecule has 1 nitrogen and oxygen atoms in total. The first kappa shape index (κ1) is 16.0. The van der Waals surface area contributed by atoms with E-state index >= 15 is 0 Å². The van der Waals surface area contributed by atoms with Gasteiger partial charge < -0.3 is 5.32 Å². The highest BCUT2D eigenvalue weighted by Crippen LogP contribution is 2.32. The van der Waals surface area contributed by atoms with Crippen molar-refractivity contribution in [3.63, 3.8) is 0 Å². The molecule has 0 saturated heterocycles. The molecule has 112 valence electrons. The lowest BCUT2D eigenvalue weighted by Crippen LogP contribution is -2.23. The minimum atomic E-state index is 0.350. The van der Waals surface area contributed by atoms with Crippen molar-refractivity contribution in [2.45, 2.75) is 38.0 Å². The first-order chi connectivity index (χ1) is 10.2. The molecular weight excluding hydrogens is 274 g/mol. The fraction of sp³-hybridized carbons (Fsp3) is 0.368. The number of nitrogens with one attached hydrogen (secondary N) is 1. The Hall–Kier alpha value is -1.41. The van der Waals surface area contributed by atoms with Gasteiger partial charge in [-0.1, -0.05) is 61.4 Å². The molecule has 0 aliphatic heterocycles. The molecule has 0 aliphatic carbocycles. The summed E-state index contributed by atoms with van der Waals surface area (Å²) in [5, 5.41) is 4.31. The molecule has 0 amide bonds. The van der Waals surface area contributed by atoms with E-state index in [1.54, 1.807) is 0 Å². The third kappa shape index (κ3) is 4.53. The van der Waals surface area contributed by atoms with Gasteiger partial charge in [-0.05, 0) is 37.3 Å². The van der Waals surface area contributed by atoms with Crippen LogP contribution in [0.15, 0.2) is 54.6 Å². The topological polar surface area (TPSA) is 12.0 Å². The molecule has 0 radical (unpaired) electrons. The first-order valence-corrected chi connectivity index (χ1v) is 8.94. The highest BCUT2D eigenvalue weighted by molar-refractivity contribution is 7.99. The summed E-state index contributed by atoms with van der Waals surface area (Å²) in [7, 11) is 0. The molecule has 0 aliphatic rings. The molecular formula is C19H25NS. The van der Waals surface area contributed by atoms with Gasteiger partial charge in [-0.2, -0.15) is 11.8 Å². The number of rotatable bonds is 7. The Morgan fingerprint density at radius 1 is 1.00 bits per heavy atom. The Morgan fingerprint density at radius 2 is 1.67 bits per heavy atom. The van der Waals surface area contributed by atoms with Crippen molar-refractivity contribution in [1.82, 2.24) is 0 Å². The average Bonchev–Trinajstić information content (AvgIpc) is 2.53. The zero-order chi connectivity index (χ0) is 15.1. The average molecular weight is 299 g/mol. The predicted octanol–water partition coefficient (Wildman–Crippen LogP) is 5.68. The van der Waals surface area contributed by atoms with E-state index in [0.717, 1.165) is 0 Å². The minimum Gasteiger partial charge on any atom is -0.377 e. The molecule has 0 saturated carbocycles. The van der Waals surface area contributed by atoms with Gasteiger partial charge in [0.2, 0.25) is 0 Å². The van der Waals surface area contributed by atoms with Crippen molar-refractivity contribution in [2.24, 2.45) is 0 Å². The Balaban J connectivity index is 2.26. The molecule has 1 N–H and O–H groups in total. The van der Waals surface area contributed by atoms with E-state index in [9.17, 15) is 0 Å². The third-order valence-electron chi connectivity index (χ3n) is 3.78. The van der Waals surface area contributed by atoms with Crippen LogP contribution in [0.5, 0.6) is 0 Å². The van der Waals surface area contributed by atoms with E-state index in [1.807, 2.05) is 11.8 Å². The van der Waals surface area contributed by atoms with Crippen LogP contribution in [0.25, 0.3) is 0 Å². The zero-order valence-electron chi connectivity index (χ0n) is 13.2. The number of benzene rings is 2.